The van der Waals surface area contributed by atoms with Crippen molar-refractivity contribution < 1.29 is 5.11 Å². The Balaban J connectivity index is 1.11. The quantitative estimate of drug-likeness (QED) is 0.173. The van der Waals surface area contributed by atoms with E-state index < -0.39 is 0 Å². The van der Waals surface area contributed by atoms with Gasteiger partial charge in [-0.25, -0.2) is 15.0 Å². The predicted molar refractivity (Wildman–Crippen MR) is 264 cm³/mol. The normalized spacial score (nSPS) is 12.0. The molecule has 0 radical (unpaired) electrons. The van der Waals surface area contributed by atoms with Crippen molar-refractivity contribution in [2.24, 2.45) is 0 Å². The largest absolute Gasteiger partial charge is 0.507 e. The number of nitrogens with zero attached hydrogens (tertiary/aromatic N) is 5. The van der Waals surface area contributed by atoms with Crippen LogP contribution in [0.1, 0.15) is 52.7 Å². The van der Waals surface area contributed by atoms with Crippen LogP contribution in [0.2, 0.25) is 0 Å². The number of benzene rings is 6. The Morgan fingerprint density at radius 1 is 0.438 bits per heavy atom. The van der Waals surface area contributed by atoms with Crippen molar-refractivity contribution in [3.8, 4) is 78.7 Å². The van der Waals surface area contributed by atoms with Gasteiger partial charge in [0.2, 0.25) is 0 Å². The van der Waals surface area contributed by atoms with Gasteiger partial charge in [0.25, 0.3) is 0 Å². The summed E-state index contributed by atoms with van der Waals surface area (Å²) in [4.78, 5) is 20.5. The summed E-state index contributed by atoms with van der Waals surface area (Å²) in [7, 11) is 0. The molecule has 0 atom stereocenters. The minimum absolute atomic E-state index is 0.0500. The molecule has 0 unspecified atom stereocenters. The van der Waals surface area contributed by atoms with Gasteiger partial charge < -0.3 is 5.11 Å². The molecule has 0 saturated carbocycles. The van der Waals surface area contributed by atoms with Crippen LogP contribution in [0.5, 0.6) is 5.75 Å². The van der Waals surface area contributed by atoms with Crippen LogP contribution in [-0.4, -0.2) is 29.6 Å². The van der Waals surface area contributed by atoms with Gasteiger partial charge in [0.1, 0.15) is 11.3 Å². The number of para-hydroxylation sites is 3. The maximum Gasteiger partial charge on any atom is 0.165 e. The summed E-state index contributed by atoms with van der Waals surface area (Å²) in [5, 5.41) is 12.1. The second kappa shape index (κ2) is 15.9. The van der Waals surface area contributed by atoms with E-state index in [2.05, 4.69) is 167 Å². The minimum atomic E-state index is -0.0500. The molecular formula is C58H49N5O. The minimum Gasteiger partial charge on any atom is -0.507 e. The van der Waals surface area contributed by atoms with Gasteiger partial charge in [0, 0.05) is 45.1 Å². The van der Waals surface area contributed by atoms with Gasteiger partial charge in [0.05, 0.1) is 34.5 Å². The number of phenolic OH excluding ortho intramolecular Hbond substituents is 1. The van der Waals surface area contributed by atoms with Crippen molar-refractivity contribution in [1.29, 1.82) is 0 Å². The molecule has 312 valence electrons. The van der Waals surface area contributed by atoms with Crippen LogP contribution in [0.3, 0.4) is 0 Å². The molecule has 0 aliphatic rings. The number of hydrogen-bond acceptors (Lipinski definition) is 5. The first-order chi connectivity index (χ1) is 30.9. The summed E-state index contributed by atoms with van der Waals surface area (Å²) in [5.74, 6) is 0.191. The standard InChI is InChI=1S/C58H49N5O/c1-57(2,3)43-30-41(31-44(35-43)58(4,5)6)42-33-50(61-51(34-42)47-23-13-14-26-53(47)64)40-20-15-19-39(29-40)49-32-38(27-28-59-49)46-24-16-25-48-54-56(63(55(46)48)45-21-11-8-12-22-45)62-52(36-60-54)37-17-9-7-10-18-37/h7-36,64H,1-6H3. The fourth-order valence-corrected chi connectivity index (χ4v) is 8.54. The maximum absolute atomic E-state index is 11.1. The zero-order valence-electron chi connectivity index (χ0n) is 37.0. The fourth-order valence-electron chi connectivity index (χ4n) is 8.54. The molecule has 4 heterocycles. The van der Waals surface area contributed by atoms with Gasteiger partial charge in [-0.15, -0.1) is 0 Å². The fraction of sp³-hybridized carbons (Fsp3) is 0.138. The predicted octanol–water partition coefficient (Wildman–Crippen LogP) is 14.7. The number of aromatic nitrogens is 5. The van der Waals surface area contributed by atoms with Crippen molar-refractivity contribution in [3.63, 3.8) is 0 Å². The Bertz CT molecular complexity index is 3320. The van der Waals surface area contributed by atoms with Crippen LogP contribution in [0.4, 0.5) is 0 Å². The molecule has 6 heteroatoms. The monoisotopic (exact) mass is 831 g/mol. The third-order valence-corrected chi connectivity index (χ3v) is 12.1. The molecular weight excluding hydrogens is 783 g/mol. The van der Waals surface area contributed by atoms with Crippen LogP contribution in [-0.2, 0) is 10.8 Å². The molecule has 0 saturated heterocycles. The number of aromatic hydroxyl groups is 1. The summed E-state index contributed by atoms with van der Waals surface area (Å²) in [5.41, 5.74) is 17.1. The van der Waals surface area contributed by atoms with E-state index in [0.717, 1.165) is 83.8 Å². The molecule has 0 bridgehead atoms. The Hall–Kier alpha value is -7.70. The van der Waals surface area contributed by atoms with E-state index >= 15 is 0 Å². The summed E-state index contributed by atoms with van der Waals surface area (Å²) in [6, 6.07) is 58.3. The van der Waals surface area contributed by atoms with E-state index in [0.29, 0.717) is 11.3 Å². The zero-order chi connectivity index (χ0) is 44.2. The van der Waals surface area contributed by atoms with Crippen LogP contribution in [0, 0.1) is 0 Å². The number of pyridine rings is 2. The molecule has 64 heavy (non-hydrogen) atoms. The van der Waals surface area contributed by atoms with E-state index in [9.17, 15) is 5.11 Å². The number of fused-ring (bicyclic) bond motifs is 3. The number of phenols is 1. The topological polar surface area (TPSA) is 76.7 Å². The molecule has 4 aromatic heterocycles. The van der Waals surface area contributed by atoms with Gasteiger partial charge in [-0.2, -0.15) is 0 Å². The lowest BCUT2D eigenvalue weighted by atomic mass is 9.79. The van der Waals surface area contributed by atoms with Crippen molar-refractivity contribution in [3.05, 3.63) is 193 Å². The van der Waals surface area contributed by atoms with E-state index in [-0.39, 0.29) is 16.6 Å². The third-order valence-electron chi connectivity index (χ3n) is 12.1. The Kier molecular flexibility index (Phi) is 10.0. The highest BCUT2D eigenvalue weighted by Gasteiger charge is 2.23. The molecule has 6 aromatic carbocycles. The van der Waals surface area contributed by atoms with E-state index in [1.165, 1.54) is 11.1 Å². The molecule has 0 amide bonds. The second-order valence-corrected chi connectivity index (χ2v) is 18.6. The first-order valence-electron chi connectivity index (χ1n) is 21.8. The first kappa shape index (κ1) is 40.4. The van der Waals surface area contributed by atoms with Gasteiger partial charge in [-0.05, 0) is 93.2 Å². The summed E-state index contributed by atoms with van der Waals surface area (Å²) >= 11 is 0. The summed E-state index contributed by atoms with van der Waals surface area (Å²) < 4.78 is 2.24. The van der Waals surface area contributed by atoms with Gasteiger partial charge in [-0.1, -0.05) is 157 Å². The molecule has 1 N–H and O–H groups in total. The van der Waals surface area contributed by atoms with Crippen molar-refractivity contribution in [2.75, 3.05) is 0 Å². The van der Waals surface area contributed by atoms with E-state index in [1.807, 2.05) is 54.9 Å². The van der Waals surface area contributed by atoms with Crippen LogP contribution < -0.4 is 0 Å². The third kappa shape index (κ3) is 7.62. The lowest BCUT2D eigenvalue weighted by Gasteiger charge is -2.26. The molecule has 0 spiro atoms. The summed E-state index contributed by atoms with van der Waals surface area (Å²) in [6.07, 6.45) is 3.76. The van der Waals surface area contributed by atoms with Crippen LogP contribution >= 0.6 is 0 Å². The Labute approximate surface area is 374 Å². The molecule has 10 rings (SSSR count). The molecule has 0 aliphatic heterocycles. The molecule has 6 nitrogen and oxygen atoms in total. The van der Waals surface area contributed by atoms with E-state index in [4.69, 9.17) is 19.9 Å². The average molecular weight is 832 g/mol. The van der Waals surface area contributed by atoms with Gasteiger partial charge >= 0.3 is 0 Å². The average Bonchev–Trinajstić information content (AvgIpc) is 3.65. The maximum atomic E-state index is 11.1. The SMILES string of the molecule is CC(C)(C)c1cc(-c2cc(-c3cccc(-c4cc(-c5cccc6c7ncc(-c8ccccc8)nc7n(-c7ccccc7)c56)ccn4)c3)nc(-c3ccccc3O)c2)cc(C(C)(C)C)c1. The Morgan fingerprint density at radius 2 is 1.03 bits per heavy atom. The van der Waals surface area contributed by atoms with Crippen molar-refractivity contribution in [2.45, 2.75) is 52.4 Å². The van der Waals surface area contributed by atoms with Crippen molar-refractivity contribution in [1.82, 2.24) is 24.5 Å². The highest BCUT2D eigenvalue weighted by Crippen LogP contribution is 2.41. The smallest absolute Gasteiger partial charge is 0.165 e. The summed E-state index contributed by atoms with van der Waals surface area (Å²) in [6.45, 7) is 13.6. The first-order valence-corrected chi connectivity index (χ1v) is 21.8. The second-order valence-electron chi connectivity index (χ2n) is 18.6. The molecule has 0 fully saturated rings. The van der Waals surface area contributed by atoms with Crippen LogP contribution in [0.25, 0.3) is 95.0 Å². The lowest BCUT2D eigenvalue weighted by molar-refractivity contribution is 0.477. The molecule has 0 aliphatic carbocycles. The highest BCUT2D eigenvalue weighted by molar-refractivity contribution is 6.11. The van der Waals surface area contributed by atoms with Crippen LogP contribution in [0.15, 0.2) is 182 Å². The lowest BCUT2D eigenvalue weighted by Crippen LogP contribution is -2.16. The zero-order valence-corrected chi connectivity index (χ0v) is 37.0. The number of hydrogen-bond donors (Lipinski definition) is 1. The van der Waals surface area contributed by atoms with Crippen molar-refractivity contribution >= 4 is 22.1 Å². The van der Waals surface area contributed by atoms with Gasteiger partial charge in [-0.3, -0.25) is 9.55 Å². The molecule has 10 aromatic rings. The highest BCUT2D eigenvalue weighted by atomic mass is 16.3. The number of rotatable bonds is 7. The van der Waals surface area contributed by atoms with E-state index in [1.54, 1.807) is 6.07 Å². The Morgan fingerprint density at radius 3 is 1.75 bits per heavy atom. The van der Waals surface area contributed by atoms with Gasteiger partial charge in [0.15, 0.2) is 5.65 Å².